The molecule has 1 fully saturated rings. The van der Waals surface area contributed by atoms with Gasteiger partial charge in [0.15, 0.2) is 0 Å². The lowest BCUT2D eigenvalue weighted by atomic mass is 9.92. The molecule has 1 saturated carbocycles. The molecule has 5 heteroatoms. The molecule has 1 aliphatic rings. The first-order chi connectivity index (χ1) is 8.17. The van der Waals surface area contributed by atoms with Crippen LogP contribution in [0, 0.1) is 11.3 Å². The second-order valence-corrected chi connectivity index (χ2v) is 3.93. The minimum atomic E-state index is -0.349. The van der Waals surface area contributed by atoms with Crippen LogP contribution in [0.1, 0.15) is 18.4 Å². The lowest BCUT2D eigenvalue weighted by molar-refractivity contribution is -0.124. The van der Waals surface area contributed by atoms with Crippen molar-refractivity contribution in [3.05, 3.63) is 29.8 Å². The Morgan fingerprint density at radius 3 is 2.82 bits per heavy atom. The molecule has 1 aromatic carbocycles. The number of carbonyl (C=O) groups is 2. The Hall–Kier alpha value is -2.35. The summed E-state index contributed by atoms with van der Waals surface area (Å²) in [6, 6.07) is 8.24. The van der Waals surface area contributed by atoms with E-state index in [0.29, 0.717) is 24.1 Å². The van der Waals surface area contributed by atoms with E-state index in [2.05, 4.69) is 10.6 Å². The summed E-state index contributed by atoms with van der Waals surface area (Å²) in [4.78, 5) is 22.2. The monoisotopic (exact) mass is 229 g/mol. The van der Waals surface area contributed by atoms with Gasteiger partial charge in [-0.2, -0.15) is 5.26 Å². The average molecular weight is 229 g/mol. The molecule has 86 valence electrons. The van der Waals surface area contributed by atoms with Gasteiger partial charge in [-0.25, -0.2) is 4.79 Å². The number of ketones is 1. The summed E-state index contributed by atoms with van der Waals surface area (Å²) < 4.78 is 0. The molecule has 0 aromatic heterocycles. The fraction of sp³-hybridized carbons (Fsp3) is 0.250. The first-order valence-electron chi connectivity index (χ1n) is 5.27. The van der Waals surface area contributed by atoms with Gasteiger partial charge in [0.1, 0.15) is 5.78 Å². The third-order valence-electron chi connectivity index (χ3n) is 2.53. The molecule has 0 saturated heterocycles. The van der Waals surface area contributed by atoms with Gasteiger partial charge in [0.25, 0.3) is 0 Å². The Balaban J connectivity index is 1.89. The fourth-order valence-corrected chi connectivity index (χ4v) is 1.61. The molecule has 0 spiro atoms. The highest BCUT2D eigenvalue weighted by atomic mass is 16.2. The Morgan fingerprint density at radius 2 is 2.18 bits per heavy atom. The Morgan fingerprint density at radius 1 is 1.41 bits per heavy atom. The Kier molecular flexibility index (Phi) is 3.06. The topological polar surface area (TPSA) is 82.0 Å². The van der Waals surface area contributed by atoms with Gasteiger partial charge in [-0.1, -0.05) is 6.07 Å². The van der Waals surface area contributed by atoms with Crippen LogP contribution >= 0.6 is 0 Å². The van der Waals surface area contributed by atoms with E-state index in [1.54, 1.807) is 24.3 Å². The summed E-state index contributed by atoms with van der Waals surface area (Å²) in [7, 11) is 0. The smallest absolute Gasteiger partial charge is 0.319 e. The lowest BCUT2D eigenvalue weighted by Gasteiger charge is -2.25. The fourth-order valence-electron chi connectivity index (χ4n) is 1.61. The highest BCUT2D eigenvalue weighted by Gasteiger charge is 2.27. The molecule has 0 atom stereocenters. The first-order valence-corrected chi connectivity index (χ1v) is 5.27. The zero-order chi connectivity index (χ0) is 12.3. The van der Waals surface area contributed by atoms with E-state index in [0.717, 1.165) is 0 Å². The normalized spacial score (nSPS) is 14.6. The maximum atomic E-state index is 11.5. The van der Waals surface area contributed by atoms with Crippen molar-refractivity contribution in [2.75, 3.05) is 5.32 Å². The van der Waals surface area contributed by atoms with E-state index in [-0.39, 0.29) is 17.9 Å². The molecular formula is C12H11N3O2. The lowest BCUT2D eigenvalue weighted by Crippen LogP contribution is -2.46. The number of nitrogens with zero attached hydrogens (tertiary/aromatic N) is 1. The van der Waals surface area contributed by atoms with E-state index >= 15 is 0 Å². The van der Waals surface area contributed by atoms with E-state index in [9.17, 15) is 9.59 Å². The molecule has 17 heavy (non-hydrogen) atoms. The van der Waals surface area contributed by atoms with Crippen LogP contribution in [0.25, 0.3) is 0 Å². The number of hydrogen-bond donors (Lipinski definition) is 2. The third-order valence-corrected chi connectivity index (χ3v) is 2.53. The van der Waals surface area contributed by atoms with Crippen molar-refractivity contribution in [2.45, 2.75) is 18.9 Å². The van der Waals surface area contributed by atoms with E-state index in [1.165, 1.54) is 0 Å². The molecule has 1 aromatic rings. The first kappa shape index (κ1) is 11.1. The van der Waals surface area contributed by atoms with Gasteiger partial charge < -0.3 is 10.6 Å². The number of rotatable bonds is 2. The van der Waals surface area contributed by atoms with Crippen molar-refractivity contribution in [1.29, 1.82) is 5.26 Å². The van der Waals surface area contributed by atoms with Gasteiger partial charge in [-0.05, 0) is 18.2 Å². The highest BCUT2D eigenvalue weighted by molar-refractivity contribution is 5.92. The molecular weight excluding hydrogens is 218 g/mol. The number of amides is 2. The number of nitrogens with one attached hydrogen (secondary N) is 2. The molecule has 2 N–H and O–H groups in total. The quantitative estimate of drug-likeness (QED) is 0.804. The van der Waals surface area contributed by atoms with E-state index < -0.39 is 0 Å². The number of anilines is 1. The standard InChI is InChI=1S/C12H11N3O2/c13-7-8-2-1-3-9(4-8)14-12(17)15-10-5-11(16)6-10/h1-4,10H,5-6H2,(H2,14,15,17). The van der Waals surface area contributed by atoms with E-state index in [4.69, 9.17) is 5.26 Å². The van der Waals surface area contributed by atoms with Crippen molar-refractivity contribution in [3.8, 4) is 6.07 Å². The third kappa shape index (κ3) is 2.82. The van der Waals surface area contributed by atoms with E-state index in [1.807, 2.05) is 6.07 Å². The molecule has 2 amide bonds. The molecule has 0 radical (unpaired) electrons. The minimum absolute atomic E-state index is 0.0540. The zero-order valence-electron chi connectivity index (χ0n) is 9.06. The largest absolute Gasteiger partial charge is 0.334 e. The molecule has 1 aliphatic carbocycles. The van der Waals surface area contributed by atoms with Crippen LogP contribution in [0.2, 0.25) is 0 Å². The molecule has 0 aliphatic heterocycles. The van der Waals surface area contributed by atoms with Gasteiger partial charge in [0.2, 0.25) is 0 Å². The Labute approximate surface area is 98.4 Å². The van der Waals surface area contributed by atoms with Gasteiger partial charge in [0.05, 0.1) is 11.6 Å². The number of Topliss-reactive ketones (excluding diaryl/α,β-unsaturated/α-hetero) is 1. The van der Waals surface area contributed by atoms with Crippen LogP contribution < -0.4 is 10.6 Å². The predicted octanol–water partition coefficient (Wildman–Crippen LogP) is 1.41. The summed E-state index contributed by atoms with van der Waals surface area (Å²) in [5.41, 5.74) is 1.05. The molecule has 0 heterocycles. The van der Waals surface area contributed by atoms with Crippen molar-refractivity contribution in [1.82, 2.24) is 5.32 Å². The SMILES string of the molecule is N#Cc1cccc(NC(=O)NC2CC(=O)C2)c1. The maximum Gasteiger partial charge on any atom is 0.319 e. The van der Waals surface area contributed by atoms with Gasteiger partial charge in [-0.15, -0.1) is 0 Å². The zero-order valence-corrected chi connectivity index (χ0v) is 9.06. The van der Waals surface area contributed by atoms with Crippen LogP contribution in [0.15, 0.2) is 24.3 Å². The summed E-state index contributed by atoms with van der Waals surface area (Å²) >= 11 is 0. The summed E-state index contributed by atoms with van der Waals surface area (Å²) in [6.07, 6.45) is 0.817. The second kappa shape index (κ2) is 4.66. The summed E-state index contributed by atoms with van der Waals surface area (Å²) in [5.74, 6) is 0.168. The summed E-state index contributed by atoms with van der Waals surface area (Å²) in [5, 5.41) is 14.0. The van der Waals surface area contributed by atoms with Crippen LogP contribution in [0.5, 0.6) is 0 Å². The number of carbonyl (C=O) groups excluding carboxylic acids is 2. The summed E-state index contributed by atoms with van der Waals surface area (Å²) in [6.45, 7) is 0. The highest BCUT2D eigenvalue weighted by Crippen LogP contribution is 2.14. The number of nitriles is 1. The van der Waals surface area contributed by atoms with Crippen LogP contribution in [0.4, 0.5) is 10.5 Å². The van der Waals surface area contributed by atoms with Crippen LogP contribution in [0.3, 0.4) is 0 Å². The molecule has 2 rings (SSSR count). The van der Waals surface area contributed by atoms with Crippen molar-refractivity contribution in [3.63, 3.8) is 0 Å². The Bertz CT molecular complexity index is 497. The average Bonchev–Trinajstić information content (AvgIpc) is 2.27. The number of urea groups is 1. The van der Waals surface area contributed by atoms with Crippen molar-refractivity contribution >= 4 is 17.5 Å². The van der Waals surface area contributed by atoms with Crippen LogP contribution in [-0.4, -0.2) is 17.9 Å². The second-order valence-electron chi connectivity index (χ2n) is 3.93. The van der Waals surface area contributed by atoms with Gasteiger partial charge in [0, 0.05) is 24.6 Å². The van der Waals surface area contributed by atoms with Gasteiger partial charge >= 0.3 is 6.03 Å². The van der Waals surface area contributed by atoms with Crippen molar-refractivity contribution < 1.29 is 9.59 Å². The van der Waals surface area contributed by atoms with Crippen LogP contribution in [-0.2, 0) is 4.79 Å². The molecule has 0 unspecified atom stereocenters. The van der Waals surface area contributed by atoms with Gasteiger partial charge in [-0.3, -0.25) is 4.79 Å². The number of benzene rings is 1. The predicted molar refractivity (Wildman–Crippen MR) is 61.3 cm³/mol. The number of hydrogen-bond acceptors (Lipinski definition) is 3. The minimum Gasteiger partial charge on any atom is -0.334 e. The molecule has 0 bridgehead atoms. The van der Waals surface area contributed by atoms with Crippen molar-refractivity contribution in [2.24, 2.45) is 0 Å². The maximum absolute atomic E-state index is 11.5. The molecule has 5 nitrogen and oxygen atoms in total.